The second-order valence-corrected chi connectivity index (χ2v) is 17.2. The summed E-state index contributed by atoms with van der Waals surface area (Å²) in [6, 6.07) is 86.8. The van der Waals surface area contributed by atoms with E-state index in [2.05, 4.69) is 243 Å². The van der Waals surface area contributed by atoms with E-state index in [1.54, 1.807) is 0 Å². The molecule has 0 saturated carbocycles. The molecule has 0 saturated heterocycles. The Morgan fingerprint density at radius 1 is 0.288 bits per heavy atom. The molecule has 3 heteroatoms. The van der Waals surface area contributed by atoms with Crippen LogP contribution >= 0.6 is 0 Å². The second-order valence-electron chi connectivity index (χ2n) is 17.2. The zero-order valence-corrected chi connectivity index (χ0v) is 35.9. The van der Waals surface area contributed by atoms with Gasteiger partial charge in [0.1, 0.15) is 16.9 Å². The number of aromatic nitrogens is 2. The number of ether oxygens (including phenoxy) is 1. The highest BCUT2D eigenvalue weighted by Crippen LogP contribution is 2.57. The van der Waals surface area contributed by atoms with E-state index in [-0.39, 0.29) is 0 Å². The van der Waals surface area contributed by atoms with Gasteiger partial charge in [0.15, 0.2) is 0 Å². The average molecular weight is 841 g/mol. The standard InChI is InChI=1S/C63H40N2O/c1-3-15-41(16-4-1)49-21-11-13-23-51(49)47-31-35-57-55(39-47)63(59-37-33-45-29-27-43-19-7-9-25-53(43)61(45)64-59,60-38-34-46-30-28-44-20-8-10-26-54(44)62(46)65-60)56-40-48(32-36-58(56)66-57)52-24-14-12-22-50(52)42-17-5-2-6-18-42/h1-40H. The van der Waals surface area contributed by atoms with Crippen LogP contribution in [0, 0.1) is 0 Å². The first kappa shape index (κ1) is 37.9. The Morgan fingerprint density at radius 3 is 1.11 bits per heavy atom. The van der Waals surface area contributed by atoms with Crippen LogP contribution in [0.1, 0.15) is 22.5 Å². The van der Waals surface area contributed by atoms with E-state index in [1.807, 2.05) is 0 Å². The van der Waals surface area contributed by atoms with Crippen LogP contribution in [-0.4, -0.2) is 9.97 Å². The average Bonchev–Trinajstić information content (AvgIpc) is 3.40. The second kappa shape index (κ2) is 15.3. The highest BCUT2D eigenvalue weighted by atomic mass is 16.5. The van der Waals surface area contributed by atoms with E-state index >= 15 is 0 Å². The number of pyridine rings is 2. The van der Waals surface area contributed by atoms with Crippen molar-refractivity contribution in [2.24, 2.45) is 0 Å². The lowest BCUT2D eigenvalue weighted by Crippen LogP contribution is -2.36. The maximum absolute atomic E-state index is 7.15. The van der Waals surface area contributed by atoms with Crippen molar-refractivity contribution in [1.29, 1.82) is 0 Å². The molecule has 0 atom stereocenters. The van der Waals surface area contributed by atoms with Gasteiger partial charge < -0.3 is 4.74 Å². The molecule has 2 aromatic heterocycles. The molecule has 0 aliphatic carbocycles. The van der Waals surface area contributed by atoms with Crippen LogP contribution in [0.3, 0.4) is 0 Å². The molecular weight excluding hydrogens is 801 g/mol. The van der Waals surface area contributed by atoms with Gasteiger partial charge in [0.2, 0.25) is 0 Å². The Kier molecular flexibility index (Phi) is 8.75. The third kappa shape index (κ3) is 5.98. The largest absolute Gasteiger partial charge is 0.457 e. The SMILES string of the molecule is c1ccc(-c2ccccc2-c2ccc3c(c2)C(c2ccc4ccc5ccccc5c4n2)(c2ccc4ccc5ccccc5c4n2)c2cc(-c4ccccc4-c4ccccc4)ccc2O3)cc1. The first-order chi connectivity index (χ1) is 32.7. The van der Waals surface area contributed by atoms with E-state index in [4.69, 9.17) is 14.7 Å². The number of hydrogen-bond donors (Lipinski definition) is 0. The smallest absolute Gasteiger partial charge is 0.132 e. The first-order valence-electron chi connectivity index (χ1n) is 22.6. The minimum Gasteiger partial charge on any atom is -0.457 e. The van der Waals surface area contributed by atoms with Gasteiger partial charge in [-0.05, 0) is 91.7 Å². The van der Waals surface area contributed by atoms with Crippen molar-refractivity contribution in [3.05, 3.63) is 265 Å². The van der Waals surface area contributed by atoms with Crippen molar-refractivity contribution in [3.63, 3.8) is 0 Å². The molecule has 66 heavy (non-hydrogen) atoms. The molecule has 10 aromatic carbocycles. The van der Waals surface area contributed by atoms with Gasteiger partial charge in [0.05, 0.1) is 22.4 Å². The van der Waals surface area contributed by atoms with E-state index in [0.29, 0.717) is 0 Å². The van der Waals surface area contributed by atoms with Crippen LogP contribution < -0.4 is 4.74 Å². The minimum absolute atomic E-state index is 0.764. The van der Waals surface area contributed by atoms with Gasteiger partial charge in [-0.15, -0.1) is 0 Å². The third-order valence-corrected chi connectivity index (χ3v) is 13.6. The van der Waals surface area contributed by atoms with Crippen LogP contribution in [0.25, 0.3) is 87.9 Å². The Hall–Kier alpha value is -8.66. The summed E-state index contributed by atoms with van der Waals surface area (Å²) < 4.78 is 7.15. The van der Waals surface area contributed by atoms with Crippen LogP contribution in [0.2, 0.25) is 0 Å². The normalized spacial score (nSPS) is 12.8. The molecule has 3 nitrogen and oxygen atoms in total. The molecule has 0 bridgehead atoms. The number of hydrogen-bond acceptors (Lipinski definition) is 3. The number of nitrogens with zero attached hydrogens (tertiary/aromatic N) is 2. The van der Waals surface area contributed by atoms with Gasteiger partial charge >= 0.3 is 0 Å². The van der Waals surface area contributed by atoms with Crippen molar-refractivity contribution in [3.8, 4) is 56.0 Å². The van der Waals surface area contributed by atoms with Gasteiger partial charge in [0, 0.05) is 32.7 Å². The van der Waals surface area contributed by atoms with Crippen molar-refractivity contribution in [2.75, 3.05) is 0 Å². The molecule has 0 unspecified atom stereocenters. The summed E-state index contributed by atoms with van der Waals surface area (Å²) in [5.41, 5.74) is 13.6. The summed E-state index contributed by atoms with van der Waals surface area (Å²) in [6.07, 6.45) is 0. The van der Waals surface area contributed by atoms with Crippen molar-refractivity contribution in [2.45, 2.75) is 5.41 Å². The summed E-state index contributed by atoms with van der Waals surface area (Å²) >= 11 is 0. The molecule has 0 N–H and O–H groups in total. The molecule has 12 aromatic rings. The highest BCUT2D eigenvalue weighted by Gasteiger charge is 2.48. The molecule has 3 heterocycles. The lowest BCUT2D eigenvalue weighted by molar-refractivity contribution is 0.430. The van der Waals surface area contributed by atoms with Crippen LogP contribution in [-0.2, 0) is 5.41 Å². The molecule has 1 aliphatic rings. The summed E-state index contributed by atoms with van der Waals surface area (Å²) in [7, 11) is 0. The predicted molar refractivity (Wildman–Crippen MR) is 272 cm³/mol. The van der Waals surface area contributed by atoms with E-state index < -0.39 is 5.41 Å². The van der Waals surface area contributed by atoms with Crippen molar-refractivity contribution >= 4 is 43.4 Å². The van der Waals surface area contributed by atoms with Crippen molar-refractivity contribution < 1.29 is 4.74 Å². The molecule has 0 amide bonds. The van der Waals surface area contributed by atoms with Crippen LogP contribution in [0.4, 0.5) is 0 Å². The van der Waals surface area contributed by atoms with Gasteiger partial charge in [-0.25, -0.2) is 0 Å². The fourth-order valence-electron chi connectivity index (χ4n) is 10.4. The van der Waals surface area contributed by atoms with E-state index in [0.717, 1.165) is 122 Å². The molecule has 0 fully saturated rings. The monoisotopic (exact) mass is 840 g/mol. The quantitative estimate of drug-likeness (QED) is 0.156. The van der Waals surface area contributed by atoms with Crippen LogP contribution in [0.5, 0.6) is 11.5 Å². The molecule has 0 radical (unpaired) electrons. The number of rotatable bonds is 6. The first-order valence-corrected chi connectivity index (χ1v) is 22.6. The lowest BCUT2D eigenvalue weighted by Gasteiger charge is -2.40. The highest BCUT2D eigenvalue weighted by molar-refractivity contribution is 6.06. The van der Waals surface area contributed by atoms with Crippen molar-refractivity contribution in [1.82, 2.24) is 9.97 Å². The van der Waals surface area contributed by atoms with Gasteiger partial charge in [-0.3, -0.25) is 9.97 Å². The lowest BCUT2D eigenvalue weighted by atomic mass is 9.66. The Balaban J connectivity index is 1.18. The fourth-order valence-corrected chi connectivity index (χ4v) is 10.4. The molecular formula is C63H40N2O. The molecule has 1 aliphatic heterocycles. The summed E-state index contributed by atoms with van der Waals surface area (Å²) in [5, 5.41) is 6.65. The predicted octanol–water partition coefficient (Wildman–Crippen LogP) is 16.2. The number of fused-ring (bicyclic) bond motifs is 8. The van der Waals surface area contributed by atoms with Gasteiger partial charge in [-0.1, -0.05) is 206 Å². The van der Waals surface area contributed by atoms with Crippen LogP contribution in [0.15, 0.2) is 243 Å². The third-order valence-electron chi connectivity index (χ3n) is 13.6. The Bertz CT molecular complexity index is 3600. The fraction of sp³-hybridized carbons (Fsp3) is 0.0159. The minimum atomic E-state index is -1.06. The van der Waals surface area contributed by atoms with E-state index in [9.17, 15) is 0 Å². The summed E-state index contributed by atoms with van der Waals surface area (Å²) in [6.45, 7) is 0. The molecule has 0 spiro atoms. The maximum atomic E-state index is 7.15. The molecule has 13 rings (SSSR count). The zero-order valence-electron chi connectivity index (χ0n) is 35.9. The Morgan fingerprint density at radius 2 is 0.652 bits per heavy atom. The number of benzene rings is 10. The van der Waals surface area contributed by atoms with E-state index in [1.165, 1.54) is 0 Å². The Labute approximate surface area is 382 Å². The topological polar surface area (TPSA) is 35.0 Å². The summed E-state index contributed by atoms with van der Waals surface area (Å²) in [5.74, 6) is 1.53. The van der Waals surface area contributed by atoms with Gasteiger partial charge in [-0.2, -0.15) is 0 Å². The molecule has 308 valence electrons. The zero-order chi connectivity index (χ0) is 43.6. The van der Waals surface area contributed by atoms with Gasteiger partial charge in [0.25, 0.3) is 0 Å². The maximum Gasteiger partial charge on any atom is 0.132 e. The summed E-state index contributed by atoms with van der Waals surface area (Å²) in [4.78, 5) is 11.7.